The van der Waals surface area contributed by atoms with Crippen molar-refractivity contribution < 1.29 is 5.11 Å². The number of aliphatic hydroxyl groups excluding tert-OH is 1. The van der Waals surface area contributed by atoms with Crippen LogP contribution in [0, 0.1) is 5.41 Å². The van der Waals surface area contributed by atoms with Crippen LogP contribution < -0.4 is 5.32 Å². The van der Waals surface area contributed by atoms with Crippen LogP contribution >= 0.6 is 0 Å². The average molecular weight is 201 g/mol. The fourth-order valence-corrected chi connectivity index (χ4v) is 2.91. The molecular weight excluding hydrogens is 186 g/mol. The first-order valence-electron chi connectivity index (χ1n) is 5.50. The first-order chi connectivity index (χ1) is 7.33. The SMILES string of the molecule is OC1NCCC23CC=CC=C2C=CC=C13. The van der Waals surface area contributed by atoms with Gasteiger partial charge in [0.25, 0.3) is 0 Å². The second-order valence-electron chi connectivity index (χ2n) is 4.42. The Morgan fingerprint density at radius 2 is 2.27 bits per heavy atom. The molecular formula is C13H15NO. The highest BCUT2D eigenvalue weighted by Gasteiger charge is 2.43. The monoisotopic (exact) mass is 201 g/mol. The van der Waals surface area contributed by atoms with Crippen LogP contribution in [0.5, 0.6) is 0 Å². The molecule has 1 spiro atoms. The molecule has 0 bridgehead atoms. The van der Waals surface area contributed by atoms with Gasteiger partial charge in [0.1, 0.15) is 6.23 Å². The van der Waals surface area contributed by atoms with E-state index in [4.69, 9.17) is 0 Å². The number of hydrogen-bond acceptors (Lipinski definition) is 2. The van der Waals surface area contributed by atoms with Gasteiger partial charge < -0.3 is 5.11 Å². The maximum Gasteiger partial charge on any atom is 0.128 e. The highest BCUT2D eigenvalue weighted by Crippen LogP contribution is 2.49. The second-order valence-corrected chi connectivity index (χ2v) is 4.42. The zero-order valence-electron chi connectivity index (χ0n) is 8.61. The van der Waals surface area contributed by atoms with Crippen molar-refractivity contribution in [3.8, 4) is 0 Å². The Bertz CT molecular complexity index is 403. The van der Waals surface area contributed by atoms with Gasteiger partial charge in [-0.05, 0) is 30.5 Å². The van der Waals surface area contributed by atoms with Gasteiger partial charge in [0.2, 0.25) is 0 Å². The van der Waals surface area contributed by atoms with Crippen molar-refractivity contribution in [3.05, 3.63) is 47.6 Å². The van der Waals surface area contributed by atoms with E-state index in [0.717, 1.165) is 25.0 Å². The smallest absolute Gasteiger partial charge is 0.128 e. The summed E-state index contributed by atoms with van der Waals surface area (Å²) in [4.78, 5) is 0. The minimum Gasteiger partial charge on any atom is -0.375 e. The quantitative estimate of drug-likeness (QED) is 0.625. The molecule has 15 heavy (non-hydrogen) atoms. The van der Waals surface area contributed by atoms with Crippen molar-refractivity contribution >= 4 is 0 Å². The third-order valence-corrected chi connectivity index (χ3v) is 3.72. The summed E-state index contributed by atoms with van der Waals surface area (Å²) in [6.07, 6.45) is 14.4. The van der Waals surface area contributed by atoms with Gasteiger partial charge >= 0.3 is 0 Å². The van der Waals surface area contributed by atoms with Crippen LogP contribution in [0.3, 0.4) is 0 Å². The van der Waals surface area contributed by atoms with E-state index < -0.39 is 6.23 Å². The van der Waals surface area contributed by atoms with E-state index in [1.54, 1.807) is 0 Å². The lowest BCUT2D eigenvalue weighted by atomic mass is 9.63. The molecule has 2 heteroatoms. The number of piperidine rings is 1. The van der Waals surface area contributed by atoms with Gasteiger partial charge in [-0.25, -0.2) is 0 Å². The van der Waals surface area contributed by atoms with Gasteiger partial charge in [-0.1, -0.05) is 36.5 Å². The number of allylic oxidation sites excluding steroid dienone is 7. The zero-order valence-corrected chi connectivity index (χ0v) is 8.61. The lowest BCUT2D eigenvalue weighted by Gasteiger charge is -2.45. The molecule has 0 saturated carbocycles. The molecule has 1 fully saturated rings. The summed E-state index contributed by atoms with van der Waals surface area (Å²) in [5.41, 5.74) is 2.56. The Morgan fingerprint density at radius 1 is 1.33 bits per heavy atom. The van der Waals surface area contributed by atoms with Crippen molar-refractivity contribution in [3.63, 3.8) is 0 Å². The molecule has 1 heterocycles. The van der Waals surface area contributed by atoms with E-state index in [1.165, 1.54) is 5.57 Å². The maximum atomic E-state index is 9.97. The van der Waals surface area contributed by atoms with Crippen LogP contribution in [0.25, 0.3) is 0 Å². The van der Waals surface area contributed by atoms with E-state index in [1.807, 2.05) is 6.08 Å². The van der Waals surface area contributed by atoms with Crippen molar-refractivity contribution in [2.75, 3.05) is 6.54 Å². The largest absolute Gasteiger partial charge is 0.375 e. The van der Waals surface area contributed by atoms with Gasteiger partial charge in [-0.2, -0.15) is 0 Å². The third-order valence-electron chi connectivity index (χ3n) is 3.72. The minimum atomic E-state index is -0.474. The predicted octanol–water partition coefficient (Wildman–Crippen LogP) is 1.67. The Hall–Kier alpha value is -1.12. The number of nitrogens with one attached hydrogen (secondary N) is 1. The summed E-state index contributed by atoms with van der Waals surface area (Å²) in [5.74, 6) is 0. The Kier molecular flexibility index (Phi) is 1.94. The van der Waals surface area contributed by atoms with Gasteiger partial charge in [0.05, 0.1) is 0 Å². The molecule has 2 nitrogen and oxygen atoms in total. The van der Waals surface area contributed by atoms with E-state index in [2.05, 4.69) is 35.7 Å². The summed E-state index contributed by atoms with van der Waals surface area (Å²) in [7, 11) is 0. The molecule has 0 aromatic heterocycles. The summed E-state index contributed by atoms with van der Waals surface area (Å²) in [5, 5.41) is 13.1. The van der Waals surface area contributed by atoms with Crippen molar-refractivity contribution in [2.24, 2.45) is 5.41 Å². The van der Waals surface area contributed by atoms with Gasteiger partial charge in [-0.15, -0.1) is 0 Å². The summed E-state index contributed by atoms with van der Waals surface area (Å²) >= 11 is 0. The van der Waals surface area contributed by atoms with Crippen molar-refractivity contribution in [1.29, 1.82) is 0 Å². The topological polar surface area (TPSA) is 32.3 Å². The first-order valence-corrected chi connectivity index (χ1v) is 5.50. The van der Waals surface area contributed by atoms with E-state index in [-0.39, 0.29) is 5.41 Å². The molecule has 0 amide bonds. The van der Waals surface area contributed by atoms with Gasteiger partial charge in [0.15, 0.2) is 0 Å². The Balaban J connectivity index is 2.12. The maximum absolute atomic E-state index is 9.97. The van der Waals surface area contributed by atoms with Crippen LogP contribution in [0.1, 0.15) is 12.8 Å². The molecule has 2 atom stereocenters. The van der Waals surface area contributed by atoms with Crippen LogP contribution in [0.15, 0.2) is 47.6 Å². The van der Waals surface area contributed by atoms with Crippen LogP contribution in [0.2, 0.25) is 0 Å². The van der Waals surface area contributed by atoms with Gasteiger partial charge in [0, 0.05) is 5.41 Å². The molecule has 2 unspecified atom stereocenters. The summed E-state index contributed by atoms with van der Waals surface area (Å²) < 4.78 is 0. The molecule has 2 N–H and O–H groups in total. The van der Waals surface area contributed by atoms with Gasteiger partial charge in [-0.3, -0.25) is 5.32 Å². The molecule has 3 rings (SSSR count). The predicted molar refractivity (Wildman–Crippen MR) is 60.1 cm³/mol. The van der Waals surface area contributed by atoms with Crippen LogP contribution in [-0.2, 0) is 0 Å². The van der Waals surface area contributed by atoms with E-state index in [0.29, 0.717) is 0 Å². The first kappa shape index (κ1) is 9.13. The Morgan fingerprint density at radius 3 is 3.20 bits per heavy atom. The highest BCUT2D eigenvalue weighted by atomic mass is 16.3. The van der Waals surface area contributed by atoms with Crippen LogP contribution in [-0.4, -0.2) is 17.9 Å². The fraction of sp³-hybridized carbons (Fsp3) is 0.385. The molecule has 3 aliphatic rings. The highest BCUT2D eigenvalue weighted by molar-refractivity contribution is 5.49. The molecule has 0 aromatic carbocycles. The molecule has 1 saturated heterocycles. The Labute approximate surface area is 89.7 Å². The molecule has 2 aliphatic carbocycles. The standard InChI is InChI=1S/C13H15NO/c15-12-11-6-3-5-10-4-1-2-7-13(10,11)8-9-14-12/h1-6,12,14-15H,7-9H2. The summed E-state index contributed by atoms with van der Waals surface area (Å²) in [6.45, 7) is 0.886. The fourth-order valence-electron chi connectivity index (χ4n) is 2.91. The number of rotatable bonds is 0. The molecule has 0 radical (unpaired) electrons. The zero-order chi connectivity index (χ0) is 10.3. The van der Waals surface area contributed by atoms with Crippen molar-refractivity contribution in [1.82, 2.24) is 5.32 Å². The van der Waals surface area contributed by atoms with E-state index in [9.17, 15) is 5.11 Å². The molecule has 1 aliphatic heterocycles. The molecule has 78 valence electrons. The second kappa shape index (κ2) is 3.19. The summed E-state index contributed by atoms with van der Waals surface area (Å²) in [6, 6.07) is 0. The number of aliphatic hydroxyl groups is 1. The van der Waals surface area contributed by atoms with Crippen molar-refractivity contribution in [2.45, 2.75) is 19.1 Å². The number of hydrogen-bond donors (Lipinski definition) is 2. The minimum absolute atomic E-state index is 0.0775. The molecule has 0 aromatic rings. The average Bonchev–Trinajstić information content (AvgIpc) is 2.27. The van der Waals surface area contributed by atoms with Crippen LogP contribution in [0.4, 0.5) is 0 Å². The van der Waals surface area contributed by atoms with E-state index >= 15 is 0 Å². The normalized spacial score (nSPS) is 37.8. The third kappa shape index (κ3) is 1.18. The lowest BCUT2D eigenvalue weighted by Crippen LogP contribution is -2.47. The lowest BCUT2D eigenvalue weighted by molar-refractivity contribution is 0.115.